The maximum Gasteiger partial charge on any atom is 0.255 e. The number of nitrogens with one attached hydrogen (secondary N) is 1. The number of imide groups is 1. The Morgan fingerprint density at radius 2 is 1.52 bits per heavy atom. The highest BCUT2D eigenvalue weighted by Gasteiger charge is 2.39. The third kappa shape index (κ3) is 8.30. The first kappa shape index (κ1) is 40.4. The molecule has 5 aliphatic rings. The van der Waals surface area contributed by atoms with Gasteiger partial charge in [0, 0.05) is 36.7 Å². The van der Waals surface area contributed by atoms with Crippen LogP contribution in [0.15, 0.2) is 79.1 Å². The quantitative estimate of drug-likeness (QED) is 0.151. The fourth-order valence-electron chi connectivity index (χ4n) is 10.6. The van der Waals surface area contributed by atoms with Crippen LogP contribution in [0, 0.1) is 0 Å². The van der Waals surface area contributed by atoms with E-state index in [1.54, 1.807) is 11.2 Å². The van der Waals surface area contributed by atoms with Crippen molar-refractivity contribution in [3.8, 4) is 22.8 Å². The van der Waals surface area contributed by atoms with Crippen molar-refractivity contribution >= 4 is 34.6 Å². The fourth-order valence-corrected chi connectivity index (χ4v) is 10.6. The van der Waals surface area contributed by atoms with E-state index in [4.69, 9.17) is 20.6 Å². The summed E-state index contributed by atoms with van der Waals surface area (Å²) in [5.41, 5.74) is 12.0. The minimum Gasteiger partial charge on any atom is -0.457 e. The predicted octanol–water partition coefficient (Wildman–Crippen LogP) is 6.00. The topological polar surface area (TPSA) is 155 Å². The molecule has 322 valence electrons. The Morgan fingerprint density at radius 1 is 0.774 bits per heavy atom. The van der Waals surface area contributed by atoms with E-state index in [2.05, 4.69) is 41.8 Å². The molecule has 3 aromatic carbocycles. The summed E-state index contributed by atoms with van der Waals surface area (Å²) in [4.78, 5) is 56.0. The molecule has 2 aromatic heterocycles. The number of rotatable bonds is 11. The molecule has 7 heterocycles. The van der Waals surface area contributed by atoms with Gasteiger partial charge in [0.25, 0.3) is 5.91 Å². The van der Waals surface area contributed by atoms with Crippen LogP contribution in [0.1, 0.15) is 91.2 Å². The molecule has 0 spiro atoms. The van der Waals surface area contributed by atoms with Crippen molar-refractivity contribution in [3.63, 3.8) is 0 Å². The first-order valence-electron chi connectivity index (χ1n) is 22.6. The van der Waals surface area contributed by atoms with E-state index in [0.717, 1.165) is 117 Å². The van der Waals surface area contributed by atoms with Gasteiger partial charge in [-0.25, -0.2) is 14.6 Å². The SMILES string of the molecule is Nc1ncnc2c1c(-c1ccc(Oc3ccccc3)cc1)nn2[C@@H]1CCCN(C2CCN(CCCN3CCC(c4ccc5c(c4)CN(C4CCC(=O)NC4=O)C5=O)CC3)CC2)C1. The number of nitrogen functional groups attached to an aromatic ring is 1. The Balaban J connectivity index is 0.687. The average molecular weight is 837 g/mol. The number of ether oxygens (including phenoxy) is 1. The van der Waals surface area contributed by atoms with Gasteiger partial charge in [-0.2, -0.15) is 5.10 Å². The molecule has 2 atom stereocenters. The molecular weight excluding hydrogens is 781 g/mol. The molecule has 3 amide bonds. The number of likely N-dealkylation sites (tertiary alicyclic amines) is 3. The third-order valence-corrected chi connectivity index (χ3v) is 14.0. The molecule has 0 bridgehead atoms. The largest absolute Gasteiger partial charge is 0.457 e. The van der Waals surface area contributed by atoms with E-state index >= 15 is 0 Å². The maximum absolute atomic E-state index is 13.2. The van der Waals surface area contributed by atoms with E-state index in [1.807, 2.05) is 60.7 Å². The van der Waals surface area contributed by atoms with Crippen molar-refractivity contribution in [2.24, 2.45) is 0 Å². The Labute approximate surface area is 362 Å². The lowest BCUT2D eigenvalue weighted by molar-refractivity contribution is -0.136. The van der Waals surface area contributed by atoms with Crippen LogP contribution in [-0.4, -0.2) is 122 Å². The maximum atomic E-state index is 13.2. The number of para-hydroxylation sites is 1. The lowest BCUT2D eigenvalue weighted by atomic mass is 9.88. The number of carbonyl (C=O) groups is 3. The van der Waals surface area contributed by atoms with E-state index in [0.29, 0.717) is 36.3 Å². The number of anilines is 1. The van der Waals surface area contributed by atoms with Crippen LogP contribution in [0.2, 0.25) is 0 Å². The normalized spacial score (nSPS) is 22.3. The highest BCUT2D eigenvalue weighted by atomic mass is 16.5. The molecule has 14 nitrogen and oxygen atoms in total. The summed E-state index contributed by atoms with van der Waals surface area (Å²) in [5, 5.41) is 8.40. The lowest BCUT2D eigenvalue weighted by Gasteiger charge is -2.42. The van der Waals surface area contributed by atoms with Gasteiger partial charge in [0.2, 0.25) is 11.8 Å². The van der Waals surface area contributed by atoms with Gasteiger partial charge >= 0.3 is 0 Å². The van der Waals surface area contributed by atoms with Gasteiger partial charge in [0.15, 0.2) is 5.65 Å². The number of piperidine rings is 4. The number of hydrogen-bond donors (Lipinski definition) is 2. The van der Waals surface area contributed by atoms with Gasteiger partial charge in [-0.05, 0) is 157 Å². The molecule has 14 heteroatoms. The van der Waals surface area contributed by atoms with E-state index < -0.39 is 6.04 Å². The zero-order chi connectivity index (χ0) is 42.2. The van der Waals surface area contributed by atoms with Crippen LogP contribution >= 0.6 is 0 Å². The van der Waals surface area contributed by atoms with Crippen LogP contribution in [0.3, 0.4) is 0 Å². The van der Waals surface area contributed by atoms with Gasteiger partial charge in [-0.3, -0.25) is 24.6 Å². The second-order valence-corrected chi connectivity index (χ2v) is 17.8. The molecule has 4 saturated heterocycles. The summed E-state index contributed by atoms with van der Waals surface area (Å²) in [6.07, 6.45) is 10.2. The zero-order valence-electron chi connectivity index (χ0n) is 35.3. The number of fused-ring (bicyclic) bond motifs is 2. The van der Waals surface area contributed by atoms with Crippen LogP contribution in [0.4, 0.5) is 5.82 Å². The van der Waals surface area contributed by atoms with Crippen molar-refractivity contribution in [1.82, 2.24) is 44.7 Å². The van der Waals surface area contributed by atoms with Crippen LogP contribution in [-0.2, 0) is 16.1 Å². The van der Waals surface area contributed by atoms with Crippen molar-refractivity contribution < 1.29 is 19.1 Å². The predicted molar refractivity (Wildman–Crippen MR) is 237 cm³/mol. The van der Waals surface area contributed by atoms with Crippen molar-refractivity contribution in [2.45, 2.75) is 88.4 Å². The summed E-state index contributed by atoms with van der Waals surface area (Å²) >= 11 is 0. The number of hydrogen-bond acceptors (Lipinski definition) is 11. The number of aromatic nitrogens is 4. The highest BCUT2D eigenvalue weighted by Crippen LogP contribution is 2.37. The van der Waals surface area contributed by atoms with Crippen molar-refractivity contribution in [1.29, 1.82) is 0 Å². The smallest absolute Gasteiger partial charge is 0.255 e. The number of nitrogens with two attached hydrogens (primary N) is 1. The number of carbonyl (C=O) groups excluding carboxylic acids is 3. The fraction of sp³-hybridized carbons (Fsp3) is 0.458. The van der Waals surface area contributed by atoms with Gasteiger partial charge in [-0.15, -0.1) is 0 Å². The monoisotopic (exact) mass is 836 g/mol. The summed E-state index contributed by atoms with van der Waals surface area (Å²) in [7, 11) is 0. The molecule has 4 fully saturated rings. The Morgan fingerprint density at radius 3 is 2.27 bits per heavy atom. The van der Waals surface area contributed by atoms with Crippen LogP contribution < -0.4 is 15.8 Å². The molecular formula is C48H56N10O4. The zero-order valence-corrected chi connectivity index (χ0v) is 35.3. The standard InChI is InChI=1S/C48H56N10O4/c49-45-43-44(33-9-12-39(13-10-33)62-38-7-2-1-3-8-38)53-58(46(43)51-31-50-45)37-6-4-23-56(30-37)36-19-26-55(27-20-36)22-5-21-54-24-17-32(18-25-54)34-11-14-40-35(28-34)29-57(48(40)61)41-15-16-42(59)52-47(41)60/h1-3,7-14,28,31-32,36-37,41H,4-6,15-27,29-30H2,(H2,49,50,51)(H,52,59,60)/t37-,41?/m1/s1. The Kier molecular flexibility index (Phi) is 11.5. The lowest BCUT2D eigenvalue weighted by Crippen LogP contribution is -2.52. The van der Waals surface area contributed by atoms with Gasteiger partial charge < -0.3 is 25.2 Å². The van der Waals surface area contributed by atoms with Gasteiger partial charge in [0.05, 0.1) is 11.4 Å². The number of amides is 3. The molecule has 62 heavy (non-hydrogen) atoms. The summed E-state index contributed by atoms with van der Waals surface area (Å²) in [5.74, 6) is 1.75. The third-order valence-electron chi connectivity index (χ3n) is 14.0. The molecule has 1 unspecified atom stereocenters. The Hall–Kier alpha value is -5.70. The summed E-state index contributed by atoms with van der Waals surface area (Å²) in [6, 6.07) is 24.2. The highest BCUT2D eigenvalue weighted by molar-refractivity contribution is 6.05. The summed E-state index contributed by atoms with van der Waals surface area (Å²) < 4.78 is 8.16. The first-order chi connectivity index (χ1) is 30.3. The number of benzene rings is 3. The number of nitrogens with zero attached hydrogens (tertiary/aromatic N) is 8. The molecule has 10 rings (SSSR count). The second kappa shape index (κ2) is 17.6. The summed E-state index contributed by atoms with van der Waals surface area (Å²) in [6.45, 7) is 9.21. The van der Waals surface area contributed by atoms with E-state index in [1.165, 1.54) is 24.8 Å². The molecule has 0 radical (unpaired) electrons. The minimum atomic E-state index is -0.576. The molecule has 0 saturated carbocycles. The second-order valence-electron chi connectivity index (χ2n) is 17.8. The van der Waals surface area contributed by atoms with Crippen molar-refractivity contribution in [2.75, 3.05) is 58.1 Å². The van der Waals surface area contributed by atoms with Crippen molar-refractivity contribution in [3.05, 3.63) is 95.8 Å². The first-order valence-corrected chi connectivity index (χ1v) is 22.6. The molecule has 0 aliphatic carbocycles. The van der Waals surface area contributed by atoms with E-state index in [9.17, 15) is 14.4 Å². The Bertz CT molecular complexity index is 2420. The molecule has 5 aromatic rings. The molecule has 3 N–H and O–H groups in total. The molecule has 5 aliphatic heterocycles. The average Bonchev–Trinajstić information content (AvgIpc) is 3.86. The van der Waals surface area contributed by atoms with Gasteiger partial charge in [-0.1, -0.05) is 30.3 Å². The van der Waals surface area contributed by atoms with Gasteiger partial charge in [0.1, 0.15) is 35.4 Å². The van der Waals surface area contributed by atoms with E-state index in [-0.39, 0.29) is 30.2 Å². The van der Waals surface area contributed by atoms with Crippen LogP contribution in [0.5, 0.6) is 11.5 Å². The minimum absolute atomic E-state index is 0.106. The van der Waals surface area contributed by atoms with Crippen LogP contribution in [0.25, 0.3) is 22.3 Å².